The molecule has 4 nitrogen and oxygen atoms in total. The number of Topliss-reactive ketones (excluding diaryl/α,β-unsaturated/α-hetero) is 1. The maximum Gasteiger partial charge on any atom is 0.260 e. The maximum atomic E-state index is 12.1. The van der Waals surface area contributed by atoms with Crippen LogP contribution in [0.5, 0.6) is 5.75 Å². The molecule has 120 valence electrons. The topological polar surface area (TPSA) is 55.4 Å². The molecule has 0 bridgehead atoms. The number of nitrogens with one attached hydrogen (secondary N) is 1. The van der Waals surface area contributed by atoms with Gasteiger partial charge in [-0.25, -0.2) is 0 Å². The Labute approximate surface area is 132 Å². The molecular formula is C18H25NO3. The normalized spacial score (nSPS) is 16.3. The summed E-state index contributed by atoms with van der Waals surface area (Å²) >= 11 is 0. The quantitative estimate of drug-likeness (QED) is 0.842. The molecule has 22 heavy (non-hydrogen) atoms. The van der Waals surface area contributed by atoms with Crippen LogP contribution in [0.1, 0.15) is 51.5 Å². The molecule has 0 aromatic heterocycles. The summed E-state index contributed by atoms with van der Waals surface area (Å²) in [7, 11) is 0. The van der Waals surface area contributed by atoms with Crippen molar-refractivity contribution in [3.05, 3.63) is 29.8 Å². The fourth-order valence-electron chi connectivity index (χ4n) is 2.70. The fourth-order valence-corrected chi connectivity index (χ4v) is 2.70. The number of ketones is 1. The van der Waals surface area contributed by atoms with Crippen LogP contribution in [0.25, 0.3) is 0 Å². The van der Waals surface area contributed by atoms with Gasteiger partial charge in [-0.1, -0.05) is 25.0 Å². The Hall–Kier alpha value is -1.84. The molecule has 4 heteroatoms. The van der Waals surface area contributed by atoms with Crippen molar-refractivity contribution in [3.63, 3.8) is 0 Å². The molecule has 1 unspecified atom stereocenters. The Morgan fingerprint density at radius 1 is 1.23 bits per heavy atom. The molecule has 0 aliphatic heterocycles. The zero-order chi connectivity index (χ0) is 15.9. The molecule has 1 aromatic rings. The van der Waals surface area contributed by atoms with E-state index in [9.17, 15) is 9.59 Å². The predicted octanol–water partition coefficient (Wildman–Crippen LogP) is 3.03. The minimum atomic E-state index is -0.497. The van der Waals surface area contributed by atoms with Crippen molar-refractivity contribution < 1.29 is 14.3 Å². The number of amides is 1. The second-order valence-electron chi connectivity index (χ2n) is 6.10. The van der Waals surface area contributed by atoms with E-state index in [0.717, 1.165) is 24.8 Å². The van der Waals surface area contributed by atoms with Gasteiger partial charge in [-0.3, -0.25) is 4.79 Å². The number of hydrogen-bond donors (Lipinski definition) is 1. The average Bonchev–Trinajstić information content (AvgIpc) is 2.99. The summed E-state index contributed by atoms with van der Waals surface area (Å²) in [6.45, 7) is 3.37. The number of hydrogen-bond acceptors (Lipinski definition) is 3. The first-order chi connectivity index (χ1) is 10.5. The maximum absolute atomic E-state index is 12.1. The first-order valence-electron chi connectivity index (χ1n) is 8.10. The van der Waals surface area contributed by atoms with Gasteiger partial charge in [0, 0.05) is 12.5 Å². The zero-order valence-corrected chi connectivity index (χ0v) is 13.4. The number of aryl methyl sites for hydroxylation is 1. The Morgan fingerprint density at radius 3 is 2.45 bits per heavy atom. The van der Waals surface area contributed by atoms with Crippen LogP contribution in [0.4, 0.5) is 0 Å². The SMILES string of the molecule is CC(=O)CCc1ccc(OC(C)C(=O)NC2CCCC2)cc1. The van der Waals surface area contributed by atoms with Crippen LogP contribution in [0.2, 0.25) is 0 Å². The van der Waals surface area contributed by atoms with Gasteiger partial charge in [0.05, 0.1) is 0 Å². The van der Waals surface area contributed by atoms with Crippen LogP contribution < -0.4 is 10.1 Å². The van der Waals surface area contributed by atoms with Gasteiger partial charge in [0.1, 0.15) is 11.5 Å². The standard InChI is InChI=1S/C18H25NO3/c1-13(20)7-8-15-9-11-17(12-10-15)22-14(2)18(21)19-16-5-3-4-6-16/h9-12,14,16H,3-8H2,1-2H3,(H,19,21). The van der Waals surface area contributed by atoms with Crippen molar-refractivity contribution in [2.75, 3.05) is 0 Å². The molecule has 0 saturated heterocycles. The molecular weight excluding hydrogens is 278 g/mol. The second kappa shape index (κ2) is 7.97. The monoisotopic (exact) mass is 303 g/mol. The third kappa shape index (κ3) is 5.17. The van der Waals surface area contributed by atoms with E-state index in [4.69, 9.17) is 4.74 Å². The smallest absolute Gasteiger partial charge is 0.260 e. The number of ether oxygens (including phenoxy) is 1. The molecule has 0 heterocycles. The lowest BCUT2D eigenvalue weighted by molar-refractivity contribution is -0.128. The Morgan fingerprint density at radius 2 is 1.86 bits per heavy atom. The van der Waals surface area contributed by atoms with Crippen molar-refractivity contribution in [1.29, 1.82) is 0 Å². The van der Waals surface area contributed by atoms with Crippen molar-refractivity contribution in [3.8, 4) is 5.75 Å². The van der Waals surface area contributed by atoms with Gasteiger partial charge in [0.2, 0.25) is 0 Å². The van der Waals surface area contributed by atoms with E-state index in [1.54, 1.807) is 13.8 Å². The Kier molecular flexibility index (Phi) is 5.99. The number of rotatable bonds is 7. The van der Waals surface area contributed by atoms with Gasteiger partial charge >= 0.3 is 0 Å². The van der Waals surface area contributed by atoms with E-state index >= 15 is 0 Å². The second-order valence-corrected chi connectivity index (χ2v) is 6.10. The fraction of sp³-hybridized carbons (Fsp3) is 0.556. The highest BCUT2D eigenvalue weighted by molar-refractivity contribution is 5.81. The average molecular weight is 303 g/mol. The molecule has 1 aliphatic carbocycles. The predicted molar refractivity (Wildman–Crippen MR) is 85.9 cm³/mol. The van der Waals surface area contributed by atoms with E-state index in [0.29, 0.717) is 18.2 Å². The van der Waals surface area contributed by atoms with Crippen LogP contribution in [-0.2, 0) is 16.0 Å². The summed E-state index contributed by atoms with van der Waals surface area (Å²) in [5.74, 6) is 0.825. The number of carbonyl (C=O) groups excluding carboxylic acids is 2. The van der Waals surface area contributed by atoms with Crippen molar-refractivity contribution in [2.24, 2.45) is 0 Å². The summed E-state index contributed by atoms with van der Waals surface area (Å²) in [6.07, 6.45) is 5.34. The van der Waals surface area contributed by atoms with Crippen LogP contribution >= 0.6 is 0 Å². The van der Waals surface area contributed by atoms with Gasteiger partial charge in [0.25, 0.3) is 5.91 Å². The minimum Gasteiger partial charge on any atom is -0.481 e. The summed E-state index contributed by atoms with van der Waals surface area (Å²) in [6, 6.07) is 7.91. The zero-order valence-electron chi connectivity index (χ0n) is 13.4. The third-order valence-corrected chi connectivity index (χ3v) is 4.07. The summed E-state index contributed by atoms with van der Waals surface area (Å²) in [5.41, 5.74) is 1.10. The molecule has 1 aromatic carbocycles. The Balaban J connectivity index is 1.81. The molecule has 1 N–H and O–H groups in total. The van der Waals surface area contributed by atoms with Crippen molar-refractivity contribution >= 4 is 11.7 Å². The molecule has 0 radical (unpaired) electrons. The van der Waals surface area contributed by atoms with Crippen LogP contribution in [0.15, 0.2) is 24.3 Å². The first kappa shape index (κ1) is 16.5. The van der Waals surface area contributed by atoms with E-state index < -0.39 is 6.10 Å². The lowest BCUT2D eigenvalue weighted by Crippen LogP contribution is -2.41. The first-order valence-corrected chi connectivity index (χ1v) is 8.10. The van der Waals surface area contributed by atoms with E-state index in [1.165, 1.54) is 12.8 Å². The molecule has 1 saturated carbocycles. The van der Waals surface area contributed by atoms with Gasteiger partial charge in [-0.2, -0.15) is 0 Å². The van der Waals surface area contributed by atoms with Crippen molar-refractivity contribution in [1.82, 2.24) is 5.32 Å². The summed E-state index contributed by atoms with van der Waals surface area (Å²) in [5, 5.41) is 3.04. The molecule has 1 aliphatic rings. The highest BCUT2D eigenvalue weighted by Crippen LogP contribution is 2.19. The van der Waals surface area contributed by atoms with Crippen molar-refractivity contribution in [2.45, 2.75) is 64.5 Å². The van der Waals surface area contributed by atoms with E-state index in [-0.39, 0.29) is 11.7 Å². The highest BCUT2D eigenvalue weighted by Gasteiger charge is 2.21. The lowest BCUT2D eigenvalue weighted by atomic mass is 10.1. The Bertz CT molecular complexity index is 504. The molecule has 1 atom stereocenters. The van der Waals surface area contributed by atoms with E-state index in [2.05, 4.69) is 5.32 Å². The highest BCUT2D eigenvalue weighted by atomic mass is 16.5. The summed E-state index contributed by atoms with van der Waals surface area (Å²) < 4.78 is 5.69. The number of benzene rings is 1. The van der Waals surface area contributed by atoms with Gasteiger partial charge in [0.15, 0.2) is 6.10 Å². The van der Waals surface area contributed by atoms with E-state index in [1.807, 2.05) is 24.3 Å². The van der Waals surface area contributed by atoms with Crippen LogP contribution in [0, 0.1) is 0 Å². The van der Waals surface area contributed by atoms with Gasteiger partial charge in [-0.05, 0) is 50.8 Å². The minimum absolute atomic E-state index is 0.0486. The van der Waals surface area contributed by atoms with Gasteiger partial charge in [-0.15, -0.1) is 0 Å². The molecule has 1 amide bonds. The molecule has 0 spiro atoms. The largest absolute Gasteiger partial charge is 0.481 e. The van der Waals surface area contributed by atoms with Gasteiger partial charge < -0.3 is 14.8 Å². The molecule has 1 fully saturated rings. The molecule has 2 rings (SSSR count). The summed E-state index contributed by atoms with van der Waals surface area (Å²) in [4.78, 5) is 23.1. The van der Waals surface area contributed by atoms with Crippen LogP contribution in [0.3, 0.4) is 0 Å². The third-order valence-electron chi connectivity index (χ3n) is 4.07. The lowest BCUT2D eigenvalue weighted by Gasteiger charge is -2.18. The van der Waals surface area contributed by atoms with Crippen LogP contribution in [-0.4, -0.2) is 23.8 Å². The number of carbonyl (C=O) groups is 2.